The van der Waals surface area contributed by atoms with Crippen LogP contribution in [0.15, 0.2) is 41.0 Å². The number of rotatable bonds is 13. The molecule has 0 aliphatic carbocycles. The van der Waals surface area contributed by atoms with Crippen LogP contribution in [0.2, 0.25) is 0 Å². The van der Waals surface area contributed by atoms with E-state index in [9.17, 15) is 18.0 Å². The van der Waals surface area contributed by atoms with Gasteiger partial charge in [0.2, 0.25) is 0 Å². The Balaban J connectivity index is 1.39. The van der Waals surface area contributed by atoms with Crippen molar-refractivity contribution in [2.75, 3.05) is 37.4 Å². The molecule has 2 aromatic heterocycles. The van der Waals surface area contributed by atoms with Gasteiger partial charge in [-0.3, -0.25) is 14.1 Å². The van der Waals surface area contributed by atoms with E-state index >= 15 is 0 Å². The number of pyridine rings is 1. The third kappa shape index (κ3) is 6.98. The number of hydroxylamine groups is 2. The first kappa shape index (κ1) is 29.9. The second-order valence-electron chi connectivity index (χ2n) is 9.15. The number of aromatic nitrogens is 2. The predicted molar refractivity (Wildman–Crippen MR) is 149 cm³/mol. The van der Waals surface area contributed by atoms with Gasteiger partial charge in [0.15, 0.2) is 17.5 Å². The van der Waals surface area contributed by atoms with E-state index in [4.69, 9.17) is 25.6 Å². The molecule has 4 rings (SSSR count). The Hall–Kier alpha value is -4.10. The van der Waals surface area contributed by atoms with E-state index in [0.29, 0.717) is 23.9 Å². The highest BCUT2D eigenvalue weighted by molar-refractivity contribution is 7.80. The number of nitrogens with one attached hydrogen (secondary N) is 2. The molecular formula is C23H28N8O8S2. The van der Waals surface area contributed by atoms with Gasteiger partial charge in [-0.25, -0.2) is 9.97 Å². The molecule has 16 nitrogen and oxygen atoms in total. The van der Waals surface area contributed by atoms with Gasteiger partial charge in [-0.05, 0) is 43.5 Å². The van der Waals surface area contributed by atoms with E-state index in [1.807, 2.05) is 18.2 Å². The second kappa shape index (κ2) is 12.2. The highest BCUT2D eigenvalue weighted by Crippen LogP contribution is 2.33. The van der Waals surface area contributed by atoms with Crippen LogP contribution in [0.1, 0.15) is 19.5 Å². The molecule has 1 fully saturated rings. The number of nitrogens with two attached hydrogens (primary N) is 2. The molecule has 0 bridgehead atoms. The number of nitrogen functional groups attached to an aromatic ring is 1. The normalized spacial score (nSPS) is 16.8. The molecule has 0 spiro atoms. The van der Waals surface area contributed by atoms with Gasteiger partial charge in [0.05, 0.1) is 5.54 Å². The summed E-state index contributed by atoms with van der Waals surface area (Å²) in [7, 11) is -4.95. The van der Waals surface area contributed by atoms with E-state index in [1.54, 1.807) is 12.3 Å². The maximum absolute atomic E-state index is 13.1. The zero-order valence-electron chi connectivity index (χ0n) is 21.9. The lowest BCUT2D eigenvalue weighted by atomic mass is 9.84. The van der Waals surface area contributed by atoms with Gasteiger partial charge in [-0.1, -0.05) is 5.16 Å². The molecule has 3 heterocycles. The molecule has 1 atom stereocenters. The number of oxime groups is 1. The Morgan fingerprint density at radius 2 is 2.07 bits per heavy atom. The first-order valence-electron chi connectivity index (χ1n) is 12.1. The molecule has 0 radical (unpaired) electrons. The van der Waals surface area contributed by atoms with Crippen LogP contribution in [0, 0.1) is 0 Å². The van der Waals surface area contributed by atoms with Crippen LogP contribution < -0.4 is 26.8 Å². The van der Waals surface area contributed by atoms with Crippen LogP contribution in [0.4, 0.5) is 10.9 Å². The molecule has 220 valence electrons. The topological polar surface area (TPSA) is 234 Å². The van der Waals surface area contributed by atoms with E-state index < -0.39 is 33.8 Å². The summed E-state index contributed by atoms with van der Waals surface area (Å²) >= 11 is 1.06. The molecule has 3 aromatic rings. The lowest BCUT2D eigenvalue weighted by molar-refractivity contribution is -0.218. The van der Waals surface area contributed by atoms with Gasteiger partial charge in [0.25, 0.3) is 11.8 Å². The number of anilines is 2. The van der Waals surface area contributed by atoms with Gasteiger partial charge in [-0.2, -0.15) is 13.5 Å². The van der Waals surface area contributed by atoms with E-state index in [2.05, 4.69) is 30.0 Å². The Kier molecular flexibility index (Phi) is 8.88. The Bertz CT molecular complexity index is 1580. The number of benzene rings is 1. The number of nitrogens with zero attached hydrogens (tertiary/aromatic N) is 4. The summed E-state index contributed by atoms with van der Waals surface area (Å²) in [6.45, 7) is 3.96. The van der Waals surface area contributed by atoms with Crippen LogP contribution in [0.3, 0.4) is 0 Å². The monoisotopic (exact) mass is 608 g/mol. The quantitative estimate of drug-likeness (QED) is 0.0577. The van der Waals surface area contributed by atoms with E-state index in [-0.39, 0.29) is 29.8 Å². The van der Waals surface area contributed by atoms with E-state index in [1.165, 1.54) is 19.2 Å². The molecule has 0 unspecified atom stereocenters. The SMILES string of the molecule is CC1(C)[C@H](NC(=O)/C(=N\OCCOc2ccc3c(NCCN)nccc3c2)c2csc(N)n2)C(=O)N1OS(=O)(=O)O. The van der Waals surface area contributed by atoms with Crippen molar-refractivity contribution in [2.45, 2.75) is 25.4 Å². The van der Waals surface area contributed by atoms with Crippen molar-refractivity contribution in [2.24, 2.45) is 10.9 Å². The summed E-state index contributed by atoms with van der Waals surface area (Å²) in [5.41, 5.74) is 9.76. The summed E-state index contributed by atoms with van der Waals surface area (Å²) in [6.07, 6.45) is 1.68. The minimum atomic E-state index is -4.95. The van der Waals surface area contributed by atoms with Crippen LogP contribution in [0.25, 0.3) is 10.8 Å². The van der Waals surface area contributed by atoms with Crippen molar-refractivity contribution in [1.29, 1.82) is 0 Å². The Morgan fingerprint density at radius 1 is 1.29 bits per heavy atom. The van der Waals surface area contributed by atoms with Crippen LogP contribution in [-0.4, -0.2) is 83.4 Å². The van der Waals surface area contributed by atoms with Gasteiger partial charge < -0.3 is 31.7 Å². The minimum absolute atomic E-state index is 0.0437. The maximum atomic E-state index is 13.1. The summed E-state index contributed by atoms with van der Waals surface area (Å²) in [5.74, 6) is -0.442. The molecule has 1 aliphatic rings. The van der Waals surface area contributed by atoms with Gasteiger partial charge >= 0.3 is 10.4 Å². The van der Waals surface area contributed by atoms with Crippen LogP contribution >= 0.6 is 11.3 Å². The fourth-order valence-corrected chi connectivity index (χ4v) is 4.91. The number of hydrogen-bond acceptors (Lipinski definition) is 14. The molecule has 1 aromatic carbocycles. The lowest BCUT2D eigenvalue weighted by Crippen LogP contribution is -2.76. The smallest absolute Gasteiger partial charge is 0.418 e. The van der Waals surface area contributed by atoms with Crippen molar-refractivity contribution < 1.29 is 36.4 Å². The van der Waals surface area contributed by atoms with E-state index in [0.717, 1.165) is 27.9 Å². The number of hydrogen-bond donors (Lipinski definition) is 5. The molecule has 41 heavy (non-hydrogen) atoms. The molecule has 0 saturated carbocycles. The molecule has 1 saturated heterocycles. The second-order valence-corrected chi connectivity index (χ2v) is 11.0. The van der Waals surface area contributed by atoms with Gasteiger partial charge in [0, 0.05) is 30.1 Å². The third-order valence-electron chi connectivity index (χ3n) is 5.87. The zero-order valence-corrected chi connectivity index (χ0v) is 23.6. The Labute approximate surface area is 238 Å². The molecule has 1 aliphatic heterocycles. The molecular weight excluding hydrogens is 580 g/mol. The number of carbonyl (C=O) groups excluding carboxylic acids is 2. The highest BCUT2D eigenvalue weighted by Gasteiger charge is 2.58. The number of thiazole rings is 1. The molecule has 2 amide bonds. The first-order chi connectivity index (χ1) is 19.4. The highest BCUT2D eigenvalue weighted by atomic mass is 32.3. The molecule has 18 heteroatoms. The summed E-state index contributed by atoms with van der Waals surface area (Å²) in [4.78, 5) is 39.2. The lowest BCUT2D eigenvalue weighted by Gasteiger charge is -2.50. The minimum Gasteiger partial charge on any atom is -0.490 e. The number of carbonyl (C=O) groups is 2. The number of fused-ring (bicyclic) bond motifs is 1. The Morgan fingerprint density at radius 3 is 2.73 bits per heavy atom. The molecule has 7 N–H and O–H groups in total. The largest absolute Gasteiger partial charge is 0.490 e. The van der Waals surface area contributed by atoms with Gasteiger partial charge in [-0.15, -0.1) is 15.6 Å². The summed E-state index contributed by atoms with van der Waals surface area (Å²) in [6, 6.07) is 6.15. The van der Waals surface area contributed by atoms with Crippen molar-refractivity contribution in [3.8, 4) is 5.75 Å². The number of ether oxygens (including phenoxy) is 1. The van der Waals surface area contributed by atoms with Crippen molar-refractivity contribution in [3.05, 3.63) is 41.5 Å². The number of β-lactam (4-membered cyclic amide) rings is 1. The van der Waals surface area contributed by atoms with Crippen molar-refractivity contribution >= 4 is 61.0 Å². The fraction of sp³-hybridized carbons (Fsp3) is 0.348. The van der Waals surface area contributed by atoms with Crippen LogP contribution in [-0.2, 0) is 29.1 Å². The predicted octanol–water partition coefficient (Wildman–Crippen LogP) is 0.284. The fourth-order valence-electron chi connectivity index (χ4n) is 3.90. The number of amides is 2. The average Bonchev–Trinajstić information content (AvgIpc) is 3.35. The third-order valence-corrected chi connectivity index (χ3v) is 6.88. The average molecular weight is 609 g/mol. The van der Waals surface area contributed by atoms with Crippen molar-refractivity contribution in [3.63, 3.8) is 0 Å². The van der Waals surface area contributed by atoms with Crippen molar-refractivity contribution in [1.82, 2.24) is 20.3 Å². The first-order valence-corrected chi connectivity index (χ1v) is 14.3. The summed E-state index contributed by atoms with van der Waals surface area (Å²) in [5, 5.41) is 13.4. The van der Waals surface area contributed by atoms with Crippen LogP contribution in [0.5, 0.6) is 5.75 Å². The maximum Gasteiger partial charge on any atom is 0.418 e. The zero-order chi connectivity index (χ0) is 29.8. The van der Waals surface area contributed by atoms with Gasteiger partial charge in [0.1, 0.15) is 29.9 Å². The summed E-state index contributed by atoms with van der Waals surface area (Å²) < 4.78 is 41.0. The standard InChI is InChI=1S/C23H28N8O8S2/c1-23(2)18(21(33)31(23)39-41(34,35)36)29-20(32)17(16-12-40-22(25)28-16)30-38-10-9-37-14-3-4-15-13(11-14)5-7-26-19(15)27-8-6-24/h3-5,7,11-12,18H,6,8-10,24H2,1-2H3,(H2,25,28)(H,26,27)(H,29,32)(H,34,35,36)/b30-17-/t18-/m1/s1.